The number of ether oxygens (including phenoxy) is 2. The maximum absolute atomic E-state index is 12.5. The van der Waals surface area contributed by atoms with Crippen LogP contribution in [0.15, 0.2) is 0 Å². The molecule has 132 valence electrons. The van der Waals surface area contributed by atoms with Crippen LogP contribution in [0.25, 0.3) is 0 Å². The smallest absolute Gasteiger partial charge is 0.408 e. The Morgan fingerprint density at radius 2 is 1.78 bits per heavy atom. The topological polar surface area (TPSA) is 84.9 Å². The van der Waals surface area contributed by atoms with Gasteiger partial charge in [0, 0.05) is 18.5 Å². The number of rotatable bonds is 4. The van der Waals surface area contributed by atoms with Crippen molar-refractivity contribution >= 4 is 18.0 Å². The lowest BCUT2D eigenvalue weighted by Gasteiger charge is -2.31. The van der Waals surface area contributed by atoms with Gasteiger partial charge in [-0.2, -0.15) is 0 Å². The van der Waals surface area contributed by atoms with Gasteiger partial charge in [-0.25, -0.2) is 9.59 Å². The highest BCUT2D eigenvalue weighted by Gasteiger charge is 2.37. The van der Waals surface area contributed by atoms with Gasteiger partial charge >= 0.3 is 12.1 Å². The van der Waals surface area contributed by atoms with Crippen molar-refractivity contribution in [2.45, 2.75) is 71.1 Å². The van der Waals surface area contributed by atoms with E-state index in [1.165, 1.54) is 12.0 Å². The molecule has 0 bridgehead atoms. The highest BCUT2D eigenvalue weighted by molar-refractivity contribution is 5.86. The van der Waals surface area contributed by atoms with Crippen LogP contribution in [0.5, 0.6) is 0 Å². The Kier molecular flexibility index (Phi) is 6.02. The molecule has 1 rings (SSSR count). The fourth-order valence-corrected chi connectivity index (χ4v) is 2.55. The molecule has 0 aliphatic carbocycles. The summed E-state index contributed by atoms with van der Waals surface area (Å²) in [4.78, 5) is 37.6. The van der Waals surface area contributed by atoms with E-state index in [0.717, 1.165) is 6.42 Å². The summed E-state index contributed by atoms with van der Waals surface area (Å²) in [6.07, 6.45) is 0.894. The highest BCUT2D eigenvalue weighted by Crippen LogP contribution is 2.22. The average molecular weight is 328 g/mol. The largest absolute Gasteiger partial charge is 0.467 e. The van der Waals surface area contributed by atoms with E-state index in [1.54, 1.807) is 34.6 Å². The van der Waals surface area contributed by atoms with Crippen molar-refractivity contribution < 1.29 is 23.9 Å². The number of nitrogens with one attached hydrogen (secondary N) is 1. The predicted octanol–water partition coefficient (Wildman–Crippen LogP) is 1.84. The maximum Gasteiger partial charge on any atom is 0.408 e. The lowest BCUT2D eigenvalue weighted by Crippen LogP contribution is -2.50. The molecule has 1 heterocycles. The number of hydrogen-bond acceptors (Lipinski definition) is 5. The van der Waals surface area contributed by atoms with Crippen molar-refractivity contribution in [1.29, 1.82) is 0 Å². The third-order valence-electron chi connectivity index (χ3n) is 3.48. The van der Waals surface area contributed by atoms with Gasteiger partial charge in [0.1, 0.15) is 11.6 Å². The van der Waals surface area contributed by atoms with Crippen molar-refractivity contribution in [3.63, 3.8) is 0 Å². The summed E-state index contributed by atoms with van der Waals surface area (Å²) >= 11 is 0. The number of esters is 1. The van der Waals surface area contributed by atoms with Gasteiger partial charge in [0.25, 0.3) is 0 Å². The van der Waals surface area contributed by atoms with E-state index in [1.807, 2.05) is 0 Å². The Balaban J connectivity index is 2.64. The van der Waals surface area contributed by atoms with Crippen LogP contribution >= 0.6 is 0 Å². The van der Waals surface area contributed by atoms with Crippen molar-refractivity contribution in [1.82, 2.24) is 10.2 Å². The first-order valence-corrected chi connectivity index (χ1v) is 7.84. The summed E-state index contributed by atoms with van der Waals surface area (Å²) in [6.45, 7) is 9.35. The van der Waals surface area contributed by atoms with Crippen LogP contribution < -0.4 is 5.32 Å². The zero-order valence-corrected chi connectivity index (χ0v) is 14.9. The first-order chi connectivity index (χ1) is 10.4. The molecule has 0 aromatic carbocycles. The molecule has 7 heteroatoms. The lowest BCUT2D eigenvalue weighted by molar-refractivity contribution is -0.151. The average Bonchev–Trinajstić information content (AvgIpc) is 2.82. The monoisotopic (exact) mass is 328 g/mol. The van der Waals surface area contributed by atoms with E-state index >= 15 is 0 Å². The van der Waals surface area contributed by atoms with Crippen molar-refractivity contribution in [2.75, 3.05) is 13.7 Å². The normalized spacial score (nSPS) is 18.5. The number of methoxy groups -OCH3 is 1. The number of hydrogen-bond donors (Lipinski definition) is 1. The van der Waals surface area contributed by atoms with Gasteiger partial charge in [-0.05, 0) is 47.5 Å². The summed E-state index contributed by atoms with van der Waals surface area (Å²) in [7, 11) is 1.32. The third kappa shape index (κ3) is 6.08. The molecule has 2 amide bonds. The second-order valence-electron chi connectivity index (χ2n) is 7.46. The van der Waals surface area contributed by atoms with E-state index in [2.05, 4.69) is 5.32 Å². The van der Waals surface area contributed by atoms with E-state index in [0.29, 0.717) is 13.0 Å². The molecule has 0 radical (unpaired) electrons. The molecule has 1 N–H and O–H groups in total. The standard InChI is InChI=1S/C16H28N2O5/c1-15(2,3)23-14(21)17-16(4,5)10-12(19)18-9-7-8-11(18)13(20)22-6/h11H,7-10H2,1-6H3,(H,17,21)/t11-/m0/s1. The highest BCUT2D eigenvalue weighted by atomic mass is 16.6. The number of likely N-dealkylation sites (tertiary alicyclic amines) is 1. The fourth-order valence-electron chi connectivity index (χ4n) is 2.55. The molecule has 1 aliphatic heterocycles. The number of carbonyl (C=O) groups is 3. The van der Waals surface area contributed by atoms with Crippen molar-refractivity contribution in [2.24, 2.45) is 0 Å². The SMILES string of the molecule is COC(=O)[C@@H]1CCCN1C(=O)CC(C)(C)NC(=O)OC(C)(C)C. The number of nitrogens with zero attached hydrogens (tertiary/aromatic N) is 1. The molecular formula is C16H28N2O5. The quantitative estimate of drug-likeness (QED) is 0.796. The van der Waals surface area contributed by atoms with Crippen LogP contribution in [0.4, 0.5) is 4.79 Å². The summed E-state index contributed by atoms with van der Waals surface area (Å²) in [6, 6.07) is -0.523. The van der Waals surface area contributed by atoms with Gasteiger partial charge in [-0.3, -0.25) is 4.79 Å². The second-order valence-corrected chi connectivity index (χ2v) is 7.46. The molecule has 1 fully saturated rings. The summed E-state index contributed by atoms with van der Waals surface area (Å²) in [5, 5.41) is 2.70. The van der Waals surface area contributed by atoms with E-state index in [9.17, 15) is 14.4 Å². The fraction of sp³-hybridized carbons (Fsp3) is 0.812. The summed E-state index contributed by atoms with van der Waals surface area (Å²) in [5.41, 5.74) is -1.38. The predicted molar refractivity (Wildman–Crippen MR) is 84.8 cm³/mol. The van der Waals surface area contributed by atoms with Crippen LogP contribution in [0.3, 0.4) is 0 Å². The van der Waals surface area contributed by atoms with E-state index in [4.69, 9.17) is 9.47 Å². The van der Waals surface area contributed by atoms with Crippen molar-refractivity contribution in [3.05, 3.63) is 0 Å². The van der Waals surface area contributed by atoms with Gasteiger partial charge in [0.05, 0.1) is 7.11 Å². The molecule has 7 nitrogen and oxygen atoms in total. The Hall–Kier alpha value is -1.79. The molecule has 0 saturated carbocycles. The van der Waals surface area contributed by atoms with Crippen LogP contribution in [0, 0.1) is 0 Å². The van der Waals surface area contributed by atoms with Crippen LogP contribution in [-0.4, -0.2) is 53.7 Å². The Bertz CT molecular complexity index is 468. The number of carbonyl (C=O) groups excluding carboxylic acids is 3. The zero-order valence-electron chi connectivity index (χ0n) is 14.9. The molecular weight excluding hydrogens is 300 g/mol. The summed E-state index contributed by atoms with van der Waals surface area (Å²) in [5.74, 6) is -0.576. The molecule has 0 aromatic rings. The third-order valence-corrected chi connectivity index (χ3v) is 3.48. The van der Waals surface area contributed by atoms with E-state index < -0.39 is 29.2 Å². The van der Waals surface area contributed by atoms with Gasteiger partial charge in [-0.1, -0.05) is 0 Å². The molecule has 0 aromatic heterocycles. The van der Waals surface area contributed by atoms with Gasteiger partial charge in [0.2, 0.25) is 5.91 Å². The Labute approximate surface area is 137 Å². The Morgan fingerprint density at radius 1 is 1.17 bits per heavy atom. The maximum atomic E-state index is 12.5. The van der Waals surface area contributed by atoms with Crippen LogP contribution in [-0.2, 0) is 19.1 Å². The van der Waals surface area contributed by atoms with Crippen LogP contribution in [0.1, 0.15) is 53.9 Å². The molecule has 1 aliphatic rings. The van der Waals surface area contributed by atoms with E-state index in [-0.39, 0.29) is 12.3 Å². The molecule has 1 saturated heterocycles. The van der Waals surface area contributed by atoms with Crippen LogP contribution in [0.2, 0.25) is 0 Å². The lowest BCUT2D eigenvalue weighted by atomic mass is 9.99. The number of alkyl carbamates (subject to hydrolysis) is 1. The van der Waals surface area contributed by atoms with Gasteiger partial charge in [0.15, 0.2) is 0 Å². The minimum absolute atomic E-state index is 0.0831. The second kappa shape index (κ2) is 7.19. The minimum Gasteiger partial charge on any atom is -0.467 e. The zero-order chi connectivity index (χ0) is 17.8. The molecule has 1 atom stereocenters. The molecule has 0 spiro atoms. The minimum atomic E-state index is -0.775. The first-order valence-electron chi connectivity index (χ1n) is 7.84. The molecule has 23 heavy (non-hydrogen) atoms. The first kappa shape index (κ1) is 19.3. The van der Waals surface area contributed by atoms with Gasteiger partial charge < -0.3 is 19.7 Å². The summed E-state index contributed by atoms with van der Waals surface area (Å²) < 4.78 is 9.95. The van der Waals surface area contributed by atoms with Gasteiger partial charge in [-0.15, -0.1) is 0 Å². The van der Waals surface area contributed by atoms with Crippen molar-refractivity contribution in [3.8, 4) is 0 Å². The Morgan fingerprint density at radius 3 is 2.30 bits per heavy atom. The molecule has 0 unspecified atom stereocenters. The number of amides is 2.